The minimum Gasteiger partial charge on any atom is -0.497 e. The highest BCUT2D eigenvalue weighted by atomic mass is 19.1. The van der Waals surface area contributed by atoms with Crippen LogP contribution in [0.1, 0.15) is 5.69 Å². The molecular formula is C17H15FN2O. The summed E-state index contributed by atoms with van der Waals surface area (Å²) in [6.45, 7) is 0.353. The largest absolute Gasteiger partial charge is 0.497 e. The molecule has 0 amide bonds. The first-order valence-electron chi connectivity index (χ1n) is 6.65. The number of halogens is 1. The number of methoxy groups -OCH3 is 1. The molecule has 0 atom stereocenters. The normalized spacial score (nSPS) is 10.8. The van der Waals surface area contributed by atoms with Gasteiger partial charge in [-0.25, -0.2) is 4.39 Å². The van der Waals surface area contributed by atoms with Gasteiger partial charge in [-0.2, -0.15) is 0 Å². The lowest BCUT2D eigenvalue weighted by Gasteiger charge is -2.11. The number of rotatable bonds is 3. The van der Waals surface area contributed by atoms with Crippen LogP contribution in [-0.2, 0) is 6.54 Å². The molecule has 4 heteroatoms. The van der Waals surface area contributed by atoms with Crippen molar-refractivity contribution in [3.63, 3.8) is 0 Å². The van der Waals surface area contributed by atoms with Gasteiger partial charge < -0.3 is 10.5 Å². The van der Waals surface area contributed by atoms with E-state index in [0.29, 0.717) is 17.9 Å². The zero-order chi connectivity index (χ0) is 14.8. The molecule has 3 rings (SSSR count). The molecule has 21 heavy (non-hydrogen) atoms. The number of benzene rings is 2. The number of hydrogen-bond acceptors (Lipinski definition) is 3. The van der Waals surface area contributed by atoms with E-state index in [1.165, 1.54) is 13.2 Å². The van der Waals surface area contributed by atoms with Crippen LogP contribution in [-0.4, -0.2) is 12.1 Å². The maximum Gasteiger partial charge on any atom is 0.134 e. The third-order valence-corrected chi connectivity index (χ3v) is 3.54. The van der Waals surface area contributed by atoms with Gasteiger partial charge in [0.2, 0.25) is 0 Å². The number of fused-ring (bicyclic) bond motifs is 1. The number of nitrogens with zero attached hydrogens (tertiary/aromatic N) is 1. The van der Waals surface area contributed by atoms with Crippen LogP contribution in [0.4, 0.5) is 4.39 Å². The summed E-state index contributed by atoms with van der Waals surface area (Å²) < 4.78 is 19.3. The maximum atomic E-state index is 14.3. The first-order chi connectivity index (χ1) is 10.2. The number of pyridine rings is 1. The molecule has 2 aromatic carbocycles. The quantitative estimate of drug-likeness (QED) is 0.799. The van der Waals surface area contributed by atoms with Crippen molar-refractivity contribution in [2.45, 2.75) is 6.54 Å². The average Bonchev–Trinajstić information content (AvgIpc) is 2.54. The standard InChI is InChI=1S/C17H15FN2O/c1-21-11-6-7-13(16(18)8-11)15-10-20-17(9-19)14-5-3-2-4-12(14)15/h2-8,10H,9,19H2,1H3. The van der Waals surface area contributed by atoms with Crippen LogP contribution in [0.5, 0.6) is 5.75 Å². The highest BCUT2D eigenvalue weighted by molar-refractivity contribution is 5.97. The molecule has 3 nitrogen and oxygen atoms in total. The smallest absolute Gasteiger partial charge is 0.134 e. The number of ether oxygens (including phenoxy) is 1. The van der Waals surface area contributed by atoms with Gasteiger partial charge in [0.1, 0.15) is 11.6 Å². The Balaban J connectivity index is 2.26. The lowest BCUT2D eigenvalue weighted by Crippen LogP contribution is -2.01. The van der Waals surface area contributed by atoms with Crippen LogP contribution in [0.25, 0.3) is 21.9 Å². The van der Waals surface area contributed by atoms with Crippen LogP contribution in [0.15, 0.2) is 48.7 Å². The molecule has 0 spiro atoms. The van der Waals surface area contributed by atoms with Gasteiger partial charge in [-0.3, -0.25) is 4.98 Å². The molecule has 0 radical (unpaired) electrons. The van der Waals surface area contributed by atoms with Gasteiger partial charge in [0.05, 0.1) is 12.8 Å². The van der Waals surface area contributed by atoms with Crippen LogP contribution < -0.4 is 10.5 Å². The molecule has 0 aliphatic heterocycles. The Bertz CT molecular complexity index is 802. The first kappa shape index (κ1) is 13.5. The Hall–Kier alpha value is -2.46. The molecule has 2 N–H and O–H groups in total. The summed E-state index contributed by atoms with van der Waals surface area (Å²) in [6, 6.07) is 12.6. The molecule has 0 aliphatic rings. The molecule has 3 aromatic rings. The van der Waals surface area contributed by atoms with Crippen molar-refractivity contribution in [1.82, 2.24) is 4.98 Å². The molecule has 1 aromatic heterocycles. The van der Waals surface area contributed by atoms with E-state index in [4.69, 9.17) is 10.5 Å². The van der Waals surface area contributed by atoms with E-state index in [1.54, 1.807) is 18.3 Å². The lowest BCUT2D eigenvalue weighted by atomic mass is 9.98. The number of nitrogens with two attached hydrogens (primary N) is 1. The summed E-state index contributed by atoms with van der Waals surface area (Å²) in [5.74, 6) is 0.161. The van der Waals surface area contributed by atoms with Crippen LogP contribution in [0.2, 0.25) is 0 Å². The first-order valence-corrected chi connectivity index (χ1v) is 6.65. The molecular weight excluding hydrogens is 267 g/mol. The van der Waals surface area contributed by atoms with Crippen molar-refractivity contribution >= 4 is 10.8 Å². The third-order valence-electron chi connectivity index (χ3n) is 3.54. The summed E-state index contributed by atoms with van der Waals surface area (Å²) in [5.41, 5.74) is 7.78. The van der Waals surface area contributed by atoms with Gasteiger partial charge in [-0.15, -0.1) is 0 Å². The van der Waals surface area contributed by atoms with Gasteiger partial charge in [0.25, 0.3) is 0 Å². The fraction of sp³-hybridized carbons (Fsp3) is 0.118. The van der Waals surface area contributed by atoms with E-state index in [1.807, 2.05) is 24.3 Å². The zero-order valence-corrected chi connectivity index (χ0v) is 11.6. The van der Waals surface area contributed by atoms with Crippen molar-refractivity contribution in [1.29, 1.82) is 0 Å². The summed E-state index contributed by atoms with van der Waals surface area (Å²) in [4.78, 5) is 4.36. The molecule has 1 heterocycles. The van der Waals surface area contributed by atoms with Gasteiger partial charge in [-0.1, -0.05) is 24.3 Å². The van der Waals surface area contributed by atoms with Gasteiger partial charge in [-0.05, 0) is 17.5 Å². The Labute approximate surface area is 122 Å². The Morgan fingerprint density at radius 2 is 1.86 bits per heavy atom. The van der Waals surface area contributed by atoms with E-state index in [0.717, 1.165) is 22.0 Å². The SMILES string of the molecule is COc1ccc(-c2cnc(CN)c3ccccc23)c(F)c1. The van der Waals surface area contributed by atoms with Crippen molar-refractivity contribution in [3.8, 4) is 16.9 Å². The predicted molar refractivity (Wildman–Crippen MR) is 81.6 cm³/mol. The highest BCUT2D eigenvalue weighted by Gasteiger charge is 2.12. The Kier molecular flexibility index (Phi) is 3.54. The zero-order valence-electron chi connectivity index (χ0n) is 11.6. The van der Waals surface area contributed by atoms with Crippen molar-refractivity contribution in [2.75, 3.05) is 7.11 Å². The Morgan fingerprint density at radius 3 is 2.52 bits per heavy atom. The van der Waals surface area contributed by atoms with Crippen LogP contribution in [0.3, 0.4) is 0 Å². The van der Waals surface area contributed by atoms with Crippen molar-refractivity contribution in [2.24, 2.45) is 5.73 Å². The fourth-order valence-electron chi connectivity index (χ4n) is 2.47. The van der Waals surface area contributed by atoms with E-state index >= 15 is 0 Å². The minimum atomic E-state index is -0.332. The highest BCUT2D eigenvalue weighted by Crippen LogP contribution is 2.32. The monoisotopic (exact) mass is 282 g/mol. The molecule has 0 saturated carbocycles. The third kappa shape index (κ3) is 2.34. The van der Waals surface area contributed by atoms with Crippen molar-refractivity contribution in [3.05, 3.63) is 60.2 Å². The maximum absolute atomic E-state index is 14.3. The second-order valence-corrected chi connectivity index (χ2v) is 4.71. The summed E-state index contributed by atoms with van der Waals surface area (Å²) in [6.07, 6.45) is 1.68. The summed E-state index contributed by atoms with van der Waals surface area (Å²) in [7, 11) is 1.52. The summed E-state index contributed by atoms with van der Waals surface area (Å²) in [5, 5.41) is 1.89. The Morgan fingerprint density at radius 1 is 1.10 bits per heavy atom. The van der Waals surface area contributed by atoms with E-state index in [2.05, 4.69) is 4.98 Å². The average molecular weight is 282 g/mol. The number of aromatic nitrogens is 1. The van der Waals surface area contributed by atoms with E-state index < -0.39 is 0 Å². The summed E-state index contributed by atoms with van der Waals surface area (Å²) >= 11 is 0. The molecule has 0 saturated heterocycles. The van der Waals surface area contributed by atoms with Crippen LogP contribution in [0, 0.1) is 5.82 Å². The molecule has 106 valence electrons. The molecule has 0 fully saturated rings. The van der Waals surface area contributed by atoms with Gasteiger partial charge in [0.15, 0.2) is 0 Å². The molecule has 0 aliphatic carbocycles. The topological polar surface area (TPSA) is 48.1 Å². The second-order valence-electron chi connectivity index (χ2n) is 4.71. The molecule has 0 bridgehead atoms. The second kappa shape index (κ2) is 5.50. The van der Waals surface area contributed by atoms with E-state index in [-0.39, 0.29) is 5.82 Å². The van der Waals surface area contributed by atoms with Gasteiger partial charge >= 0.3 is 0 Å². The van der Waals surface area contributed by atoms with Crippen LogP contribution >= 0.6 is 0 Å². The van der Waals surface area contributed by atoms with Crippen molar-refractivity contribution < 1.29 is 9.13 Å². The lowest BCUT2D eigenvalue weighted by molar-refractivity contribution is 0.411. The van der Waals surface area contributed by atoms with Gasteiger partial charge in [0, 0.05) is 35.3 Å². The predicted octanol–water partition coefficient (Wildman–Crippen LogP) is 3.51. The van der Waals surface area contributed by atoms with E-state index in [9.17, 15) is 4.39 Å². The fourth-order valence-corrected chi connectivity index (χ4v) is 2.47. The molecule has 0 unspecified atom stereocenters. The minimum absolute atomic E-state index is 0.332. The number of hydrogen-bond donors (Lipinski definition) is 1.